The van der Waals surface area contributed by atoms with Crippen molar-refractivity contribution in [1.29, 1.82) is 0 Å². The molecular formula is C25H22ClNO7. The predicted octanol–water partition coefficient (Wildman–Crippen LogP) is 4.58. The van der Waals surface area contributed by atoms with E-state index >= 15 is 0 Å². The van der Waals surface area contributed by atoms with Crippen LogP contribution in [0.1, 0.15) is 22.9 Å². The number of likely N-dealkylation sites (tertiary alicyclic amines) is 1. The maximum Gasteiger partial charge on any atom is 0.296 e. The Balaban J connectivity index is 1.87. The number of nitrogens with zero attached hydrogens (tertiary/aromatic N) is 1. The third kappa shape index (κ3) is 4.08. The molecule has 0 aliphatic carbocycles. The molecule has 0 saturated carbocycles. The summed E-state index contributed by atoms with van der Waals surface area (Å²) in [4.78, 5) is 27.7. The number of ether oxygens (including phenoxy) is 3. The van der Waals surface area contributed by atoms with Crippen LogP contribution in [0.3, 0.4) is 0 Å². The highest BCUT2D eigenvalue weighted by Gasteiger charge is 2.47. The van der Waals surface area contributed by atoms with Gasteiger partial charge in [0, 0.05) is 12.6 Å². The molecule has 176 valence electrons. The Kier molecular flexibility index (Phi) is 6.51. The van der Waals surface area contributed by atoms with Crippen LogP contribution in [0.25, 0.3) is 5.76 Å². The van der Waals surface area contributed by atoms with Gasteiger partial charge in [-0.1, -0.05) is 23.7 Å². The Morgan fingerprint density at radius 1 is 1.03 bits per heavy atom. The number of rotatable bonds is 7. The van der Waals surface area contributed by atoms with Crippen molar-refractivity contribution in [1.82, 2.24) is 4.90 Å². The fraction of sp³-hybridized carbons (Fsp3) is 0.200. The first kappa shape index (κ1) is 23.3. The Hall–Kier alpha value is -3.91. The quantitative estimate of drug-likeness (QED) is 0.298. The molecule has 0 spiro atoms. The van der Waals surface area contributed by atoms with E-state index in [9.17, 15) is 14.7 Å². The van der Waals surface area contributed by atoms with Gasteiger partial charge in [-0.3, -0.25) is 9.59 Å². The second-order valence-electron chi connectivity index (χ2n) is 7.48. The molecule has 1 N–H and O–H groups in total. The summed E-state index contributed by atoms with van der Waals surface area (Å²) in [6.45, 7) is 0.0883. The monoisotopic (exact) mass is 483 g/mol. The van der Waals surface area contributed by atoms with Crippen LogP contribution in [-0.4, -0.2) is 43.0 Å². The Morgan fingerprint density at radius 2 is 1.79 bits per heavy atom. The number of carbonyl (C=O) groups excluding carboxylic acids is 2. The van der Waals surface area contributed by atoms with Crippen molar-refractivity contribution in [2.75, 3.05) is 21.3 Å². The molecular weight excluding hydrogens is 462 g/mol. The molecule has 4 rings (SSSR count). The number of hydrogen-bond donors (Lipinski definition) is 1. The van der Waals surface area contributed by atoms with Gasteiger partial charge in [0.05, 0.1) is 43.8 Å². The van der Waals surface area contributed by atoms with Crippen LogP contribution in [0.2, 0.25) is 5.02 Å². The molecule has 1 unspecified atom stereocenters. The summed E-state index contributed by atoms with van der Waals surface area (Å²) in [6, 6.07) is 12.4. The molecule has 2 heterocycles. The molecule has 0 bridgehead atoms. The Labute approximate surface area is 200 Å². The van der Waals surface area contributed by atoms with Crippen LogP contribution in [0, 0.1) is 0 Å². The molecule has 3 aromatic rings. The van der Waals surface area contributed by atoms with Gasteiger partial charge < -0.3 is 28.6 Å². The standard InChI is InChI=1S/C25H22ClNO7/c1-31-15-7-4-6-14(10-15)13-27-22(18-8-5-9-34-18)21(24(29)25(27)30)23(28)16-11-20(33-3)17(26)12-19(16)32-2/h4-12,22,28H,13H2,1-3H3/b23-21+. The fourth-order valence-electron chi connectivity index (χ4n) is 3.94. The summed E-state index contributed by atoms with van der Waals surface area (Å²) in [5, 5.41) is 11.6. The van der Waals surface area contributed by atoms with E-state index in [0.29, 0.717) is 11.5 Å². The minimum Gasteiger partial charge on any atom is -0.507 e. The number of ketones is 1. The largest absolute Gasteiger partial charge is 0.507 e. The van der Waals surface area contributed by atoms with Crippen LogP contribution >= 0.6 is 11.6 Å². The summed E-state index contributed by atoms with van der Waals surface area (Å²) < 4.78 is 21.5. The van der Waals surface area contributed by atoms with E-state index in [4.69, 9.17) is 30.2 Å². The van der Waals surface area contributed by atoms with Gasteiger partial charge >= 0.3 is 0 Å². The Morgan fingerprint density at radius 3 is 2.44 bits per heavy atom. The zero-order chi connectivity index (χ0) is 24.4. The SMILES string of the molecule is COc1cccc(CN2C(=O)C(=O)/C(=C(/O)c3cc(OC)c(Cl)cc3OC)C2c2ccco2)c1. The first-order chi connectivity index (χ1) is 16.4. The van der Waals surface area contributed by atoms with Gasteiger partial charge in [-0.2, -0.15) is 0 Å². The molecule has 1 saturated heterocycles. The normalized spacial score (nSPS) is 17.2. The molecule has 9 heteroatoms. The summed E-state index contributed by atoms with van der Waals surface area (Å²) in [5.74, 6) is -0.641. The van der Waals surface area contributed by atoms with Crippen LogP contribution in [0.15, 0.2) is 64.8 Å². The first-order valence-electron chi connectivity index (χ1n) is 10.3. The summed E-state index contributed by atoms with van der Waals surface area (Å²) in [5.41, 5.74) is 0.758. The lowest BCUT2D eigenvalue weighted by molar-refractivity contribution is -0.140. The lowest BCUT2D eigenvalue weighted by atomic mass is 9.98. The van der Waals surface area contributed by atoms with E-state index in [1.54, 1.807) is 37.4 Å². The van der Waals surface area contributed by atoms with Crippen molar-refractivity contribution in [3.8, 4) is 17.2 Å². The van der Waals surface area contributed by atoms with Crippen LogP contribution in [-0.2, 0) is 16.1 Å². The average molecular weight is 484 g/mol. The molecule has 1 aromatic heterocycles. The minimum atomic E-state index is -0.965. The van der Waals surface area contributed by atoms with Gasteiger partial charge in [-0.05, 0) is 35.9 Å². The molecule has 1 aliphatic rings. The smallest absolute Gasteiger partial charge is 0.296 e. The van der Waals surface area contributed by atoms with Crippen LogP contribution in [0.4, 0.5) is 0 Å². The van der Waals surface area contributed by atoms with Gasteiger partial charge in [0.25, 0.3) is 11.7 Å². The van der Waals surface area contributed by atoms with E-state index < -0.39 is 23.5 Å². The lowest BCUT2D eigenvalue weighted by Crippen LogP contribution is -2.29. The van der Waals surface area contributed by atoms with Crippen molar-refractivity contribution in [3.05, 3.63) is 82.3 Å². The maximum absolute atomic E-state index is 13.2. The second kappa shape index (κ2) is 9.52. The molecule has 1 aliphatic heterocycles. The second-order valence-corrected chi connectivity index (χ2v) is 7.89. The number of benzene rings is 2. The van der Waals surface area contributed by atoms with E-state index in [0.717, 1.165) is 5.56 Å². The fourth-order valence-corrected chi connectivity index (χ4v) is 4.17. The molecule has 1 fully saturated rings. The average Bonchev–Trinajstić information content (AvgIpc) is 3.46. The lowest BCUT2D eigenvalue weighted by Gasteiger charge is -2.23. The summed E-state index contributed by atoms with van der Waals surface area (Å²) in [6.07, 6.45) is 1.44. The van der Waals surface area contributed by atoms with Crippen molar-refractivity contribution < 1.29 is 33.3 Å². The van der Waals surface area contributed by atoms with Gasteiger partial charge in [0.2, 0.25) is 0 Å². The third-order valence-corrected chi connectivity index (χ3v) is 5.86. The number of aliphatic hydroxyl groups excluding tert-OH is 1. The maximum atomic E-state index is 13.2. The van der Waals surface area contributed by atoms with Gasteiger partial charge in [-0.15, -0.1) is 0 Å². The Bertz CT molecular complexity index is 1270. The molecule has 0 radical (unpaired) electrons. The number of Topliss-reactive ketones (excluding diaryl/α,β-unsaturated/α-hetero) is 1. The highest BCUT2D eigenvalue weighted by atomic mass is 35.5. The topological polar surface area (TPSA) is 98.4 Å². The highest BCUT2D eigenvalue weighted by Crippen LogP contribution is 2.43. The molecule has 2 aromatic carbocycles. The first-order valence-corrected chi connectivity index (χ1v) is 10.6. The van der Waals surface area contributed by atoms with Crippen LogP contribution < -0.4 is 14.2 Å². The zero-order valence-electron chi connectivity index (χ0n) is 18.7. The number of aliphatic hydroxyl groups is 1. The predicted molar refractivity (Wildman–Crippen MR) is 124 cm³/mol. The van der Waals surface area contributed by atoms with E-state index in [1.165, 1.54) is 37.5 Å². The van der Waals surface area contributed by atoms with Crippen molar-refractivity contribution in [2.24, 2.45) is 0 Å². The molecule has 8 nitrogen and oxygen atoms in total. The van der Waals surface area contributed by atoms with E-state index in [-0.39, 0.29) is 34.2 Å². The summed E-state index contributed by atoms with van der Waals surface area (Å²) >= 11 is 6.19. The van der Waals surface area contributed by atoms with Crippen molar-refractivity contribution >= 4 is 29.1 Å². The number of amides is 1. The van der Waals surface area contributed by atoms with Gasteiger partial charge in [0.1, 0.15) is 34.8 Å². The van der Waals surface area contributed by atoms with Gasteiger partial charge in [-0.25, -0.2) is 0 Å². The van der Waals surface area contributed by atoms with Crippen LogP contribution in [0.5, 0.6) is 17.2 Å². The van der Waals surface area contributed by atoms with E-state index in [2.05, 4.69) is 0 Å². The third-order valence-electron chi connectivity index (χ3n) is 5.57. The van der Waals surface area contributed by atoms with Crippen molar-refractivity contribution in [2.45, 2.75) is 12.6 Å². The highest BCUT2D eigenvalue weighted by molar-refractivity contribution is 6.46. The number of carbonyl (C=O) groups is 2. The molecule has 1 atom stereocenters. The number of methoxy groups -OCH3 is 3. The van der Waals surface area contributed by atoms with E-state index in [1.807, 2.05) is 6.07 Å². The number of halogens is 1. The minimum absolute atomic E-state index is 0.0883. The zero-order valence-corrected chi connectivity index (χ0v) is 19.5. The molecule has 1 amide bonds. The summed E-state index contributed by atoms with van der Waals surface area (Å²) in [7, 11) is 4.37. The number of furan rings is 1. The number of hydrogen-bond acceptors (Lipinski definition) is 7. The van der Waals surface area contributed by atoms with Gasteiger partial charge in [0.15, 0.2) is 0 Å². The van der Waals surface area contributed by atoms with Crippen molar-refractivity contribution in [3.63, 3.8) is 0 Å². The molecule has 34 heavy (non-hydrogen) atoms.